The summed E-state index contributed by atoms with van der Waals surface area (Å²) >= 11 is 0. The Morgan fingerprint density at radius 2 is 1.75 bits per heavy atom. The van der Waals surface area contributed by atoms with E-state index in [-0.39, 0.29) is 12.5 Å². The molecule has 1 aliphatic carbocycles. The minimum atomic E-state index is -0.384. The number of rotatable bonds is 8. The summed E-state index contributed by atoms with van der Waals surface area (Å²) in [5.41, 5.74) is 9.81. The topological polar surface area (TPSA) is 50.3 Å². The number of halogens is 2. The molecule has 5 nitrogen and oxygen atoms in total. The normalized spacial score (nSPS) is 14.3. The number of nitrogens with zero attached hydrogens (tertiary/aromatic N) is 3. The maximum absolute atomic E-state index is 13.5. The van der Waals surface area contributed by atoms with Crippen LogP contribution in [0.15, 0.2) is 78.6 Å². The third kappa shape index (κ3) is 5.69. The minimum Gasteiger partial charge on any atom is -0.491 e. The number of fused-ring (bicyclic) bond motifs is 1. The first-order chi connectivity index (χ1) is 19.6. The first-order valence-electron chi connectivity index (χ1n) is 13.8. The van der Waals surface area contributed by atoms with Crippen LogP contribution < -0.4 is 15.0 Å². The molecule has 0 bridgehead atoms. The van der Waals surface area contributed by atoms with Crippen molar-refractivity contribution in [3.63, 3.8) is 0 Å². The van der Waals surface area contributed by atoms with E-state index in [1.807, 2.05) is 25.1 Å². The van der Waals surface area contributed by atoms with Crippen molar-refractivity contribution in [2.75, 3.05) is 31.3 Å². The van der Waals surface area contributed by atoms with Crippen LogP contribution in [-0.4, -0.2) is 36.3 Å². The molecule has 0 radical (unpaired) electrons. The molecule has 2 aliphatic rings. The molecule has 2 heterocycles. The van der Waals surface area contributed by atoms with Crippen LogP contribution >= 0.6 is 0 Å². The van der Waals surface area contributed by atoms with Gasteiger partial charge in [-0.3, -0.25) is 0 Å². The number of aromatic nitrogens is 2. The Balaban J connectivity index is 1.26. The fraction of sp³-hybridized carbons (Fsp3) is 0.273. The van der Waals surface area contributed by atoms with E-state index in [1.165, 1.54) is 17.7 Å². The summed E-state index contributed by atoms with van der Waals surface area (Å²) in [6.45, 7) is 3.83. The Hall–Kier alpha value is -4.26. The van der Waals surface area contributed by atoms with Crippen molar-refractivity contribution < 1.29 is 13.5 Å². The Morgan fingerprint density at radius 1 is 0.975 bits per heavy atom. The number of alkyl halides is 1. The van der Waals surface area contributed by atoms with Gasteiger partial charge in [-0.2, -0.15) is 0 Å². The van der Waals surface area contributed by atoms with Crippen LogP contribution in [-0.2, 0) is 13.0 Å². The van der Waals surface area contributed by atoms with E-state index >= 15 is 0 Å². The van der Waals surface area contributed by atoms with Crippen molar-refractivity contribution in [3.05, 3.63) is 112 Å². The van der Waals surface area contributed by atoms with Gasteiger partial charge in [0.05, 0.1) is 6.54 Å². The number of anilines is 1. The maximum Gasteiger partial charge on any atom is 0.136 e. The second kappa shape index (κ2) is 11.5. The van der Waals surface area contributed by atoms with Gasteiger partial charge in [-0.25, -0.2) is 18.7 Å². The predicted octanol–water partition coefficient (Wildman–Crippen LogP) is 6.64. The lowest BCUT2D eigenvalue weighted by Crippen LogP contribution is -2.28. The highest BCUT2D eigenvalue weighted by atomic mass is 19.1. The Morgan fingerprint density at radius 3 is 2.50 bits per heavy atom. The van der Waals surface area contributed by atoms with Crippen LogP contribution in [0.5, 0.6) is 5.75 Å². The van der Waals surface area contributed by atoms with Gasteiger partial charge in [0.25, 0.3) is 0 Å². The molecular weight excluding hydrogens is 506 g/mol. The molecule has 204 valence electrons. The van der Waals surface area contributed by atoms with E-state index in [0.717, 1.165) is 69.2 Å². The highest BCUT2D eigenvalue weighted by molar-refractivity contribution is 5.73. The largest absolute Gasteiger partial charge is 0.491 e. The van der Waals surface area contributed by atoms with Crippen molar-refractivity contribution in [1.82, 2.24) is 15.3 Å². The second-order valence-electron chi connectivity index (χ2n) is 10.3. The number of allylic oxidation sites excluding steroid dienone is 1. The molecule has 40 heavy (non-hydrogen) atoms. The fourth-order valence-electron chi connectivity index (χ4n) is 5.27. The van der Waals surface area contributed by atoms with Crippen molar-refractivity contribution in [2.45, 2.75) is 32.7 Å². The van der Waals surface area contributed by atoms with Crippen molar-refractivity contribution in [2.24, 2.45) is 0 Å². The summed E-state index contributed by atoms with van der Waals surface area (Å²) in [5, 5.41) is 3.26. The van der Waals surface area contributed by atoms with Gasteiger partial charge < -0.3 is 15.0 Å². The summed E-state index contributed by atoms with van der Waals surface area (Å²) in [6.07, 6.45) is 4.39. The maximum atomic E-state index is 13.5. The van der Waals surface area contributed by atoms with Crippen molar-refractivity contribution in [1.29, 1.82) is 0 Å². The summed E-state index contributed by atoms with van der Waals surface area (Å²) in [6, 6.07) is 21.4. The number of aryl methyl sites for hydroxylation is 1. The summed E-state index contributed by atoms with van der Waals surface area (Å²) in [4.78, 5) is 11.4. The van der Waals surface area contributed by atoms with E-state index in [2.05, 4.69) is 51.6 Å². The molecule has 0 unspecified atom stereocenters. The third-order valence-electron chi connectivity index (χ3n) is 7.53. The molecule has 3 aromatic carbocycles. The number of hydrogen-bond donors (Lipinski definition) is 1. The van der Waals surface area contributed by atoms with E-state index in [4.69, 9.17) is 9.72 Å². The zero-order chi connectivity index (χ0) is 27.5. The molecule has 1 N–H and O–H groups in total. The smallest absolute Gasteiger partial charge is 0.136 e. The summed E-state index contributed by atoms with van der Waals surface area (Å²) in [7, 11) is 0. The zero-order valence-corrected chi connectivity index (χ0v) is 22.6. The molecule has 0 spiro atoms. The molecule has 7 heteroatoms. The number of hydrogen-bond acceptors (Lipinski definition) is 5. The SMILES string of the molecule is Cc1ncnc(N2CCOc3ccc(-c4ccc(C(NCCF)=C5CC5)cc4)cc3C2)c1Cc1ccc(F)cc1. The van der Waals surface area contributed by atoms with Gasteiger partial charge in [0.2, 0.25) is 0 Å². The summed E-state index contributed by atoms with van der Waals surface area (Å²) in [5.74, 6) is 1.51. The molecule has 1 aliphatic heterocycles. The van der Waals surface area contributed by atoms with Crippen molar-refractivity contribution in [3.8, 4) is 16.9 Å². The van der Waals surface area contributed by atoms with Crippen LogP contribution in [0.3, 0.4) is 0 Å². The van der Waals surface area contributed by atoms with Gasteiger partial charge >= 0.3 is 0 Å². The monoisotopic (exact) mass is 538 g/mol. The molecule has 1 aromatic heterocycles. The van der Waals surface area contributed by atoms with E-state index in [0.29, 0.717) is 32.7 Å². The molecule has 1 fully saturated rings. The Bertz CT molecular complexity index is 1530. The van der Waals surface area contributed by atoms with Crippen LogP contribution in [0.1, 0.15) is 40.8 Å². The molecule has 6 rings (SSSR count). The van der Waals surface area contributed by atoms with E-state index in [9.17, 15) is 8.78 Å². The third-order valence-corrected chi connectivity index (χ3v) is 7.53. The molecule has 0 saturated heterocycles. The van der Waals surface area contributed by atoms with Gasteiger partial charge in [-0.05, 0) is 71.9 Å². The van der Waals surface area contributed by atoms with Gasteiger partial charge in [0.1, 0.15) is 37.0 Å². The van der Waals surface area contributed by atoms with Crippen molar-refractivity contribution >= 4 is 11.5 Å². The lowest BCUT2D eigenvalue weighted by molar-refractivity contribution is 0.331. The molecule has 4 aromatic rings. The standard InChI is InChI=1S/C33H32F2N4O/c1-22-30(18-23-2-11-29(35)12-3-23)33(38-21-37-22)39-16-17-40-31-13-10-27(19-28(31)20-39)24-4-6-25(7-5-24)32(26-8-9-26)36-15-14-34/h2-7,10-13,19,21,36H,8-9,14-18,20H2,1H3. The lowest BCUT2D eigenvalue weighted by atomic mass is 9.99. The number of benzene rings is 3. The number of ether oxygens (including phenoxy) is 1. The first kappa shape index (κ1) is 26.0. The van der Waals surface area contributed by atoms with Crippen LogP contribution in [0.4, 0.5) is 14.6 Å². The van der Waals surface area contributed by atoms with Gasteiger partial charge in [0.15, 0.2) is 0 Å². The quantitative estimate of drug-likeness (QED) is 0.272. The molecule has 0 amide bonds. The minimum absolute atomic E-state index is 0.245. The zero-order valence-electron chi connectivity index (χ0n) is 22.6. The fourth-order valence-corrected chi connectivity index (χ4v) is 5.27. The van der Waals surface area contributed by atoms with Crippen LogP contribution in [0.2, 0.25) is 0 Å². The average Bonchev–Trinajstić information content (AvgIpc) is 3.83. The highest BCUT2D eigenvalue weighted by Gasteiger charge is 2.22. The number of nitrogens with one attached hydrogen (secondary N) is 1. The van der Waals surface area contributed by atoms with Gasteiger partial charge in [-0.1, -0.05) is 42.5 Å². The Labute approximate surface area is 233 Å². The van der Waals surface area contributed by atoms with E-state index in [1.54, 1.807) is 6.33 Å². The predicted molar refractivity (Wildman–Crippen MR) is 155 cm³/mol. The second-order valence-corrected chi connectivity index (χ2v) is 10.3. The average molecular weight is 539 g/mol. The Kier molecular flexibility index (Phi) is 7.45. The van der Waals surface area contributed by atoms with Gasteiger partial charge in [0, 0.05) is 42.0 Å². The summed E-state index contributed by atoms with van der Waals surface area (Å²) < 4.78 is 32.4. The van der Waals surface area contributed by atoms with Crippen LogP contribution in [0, 0.1) is 12.7 Å². The molecule has 0 atom stereocenters. The van der Waals surface area contributed by atoms with E-state index < -0.39 is 0 Å². The molecular formula is C33H32F2N4O. The van der Waals surface area contributed by atoms with Gasteiger partial charge in [-0.15, -0.1) is 0 Å². The molecule has 1 saturated carbocycles. The van der Waals surface area contributed by atoms with Crippen LogP contribution in [0.25, 0.3) is 16.8 Å². The lowest BCUT2D eigenvalue weighted by Gasteiger charge is -2.24. The first-order valence-corrected chi connectivity index (χ1v) is 13.8. The highest BCUT2D eigenvalue weighted by Crippen LogP contribution is 2.36.